The molecule has 2 rings (SSSR count). The molecule has 0 aliphatic heterocycles. The van der Waals surface area contributed by atoms with Crippen LogP contribution in [-0.2, 0) is 7.05 Å². The number of rotatable bonds is 2. The van der Waals surface area contributed by atoms with E-state index in [2.05, 4.69) is 10.4 Å². The fraction of sp³-hybridized carbons (Fsp3) is 0.167. The lowest BCUT2D eigenvalue weighted by molar-refractivity contribution is 0.102. The van der Waals surface area contributed by atoms with E-state index in [1.807, 2.05) is 12.1 Å². The van der Waals surface area contributed by atoms with E-state index < -0.39 is 0 Å². The van der Waals surface area contributed by atoms with Crippen molar-refractivity contribution < 1.29 is 4.79 Å². The minimum absolute atomic E-state index is 0.200. The Labute approximate surface area is 99.2 Å². The first-order valence-electron chi connectivity index (χ1n) is 5.24. The van der Waals surface area contributed by atoms with Gasteiger partial charge in [0.25, 0.3) is 5.91 Å². The topological polar surface area (TPSA) is 72.9 Å². The summed E-state index contributed by atoms with van der Waals surface area (Å²) in [6.07, 6.45) is 1.68. The standard InChI is InChI=1S/C12H14N4O/c1-8-9(7-16(2)15-8)12(17)14-11-6-4-3-5-10(11)13/h3-7H,13H2,1-2H3,(H,14,17). The van der Waals surface area contributed by atoms with Crippen LogP contribution in [0.2, 0.25) is 0 Å². The van der Waals surface area contributed by atoms with Gasteiger partial charge in [0.1, 0.15) is 0 Å². The molecule has 0 fully saturated rings. The van der Waals surface area contributed by atoms with Gasteiger partial charge in [-0.05, 0) is 19.1 Å². The van der Waals surface area contributed by atoms with E-state index in [9.17, 15) is 4.79 Å². The smallest absolute Gasteiger partial charge is 0.259 e. The molecule has 0 saturated heterocycles. The second-order valence-electron chi connectivity index (χ2n) is 3.84. The Morgan fingerprint density at radius 1 is 1.41 bits per heavy atom. The summed E-state index contributed by atoms with van der Waals surface area (Å²) in [7, 11) is 1.78. The lowest BCUT2D eigenvalue weighted by atomic mass is 10.2. The Morgan fingerprint density at radius 2 is 2.12 bits per heavy atom. The predicted molar refractivity (Wildman–Crippen MR) is 66.8 cm³/mol. The minimum Gasteiger partial charge on any atom is -0.397 e. The van der Waals surface area contributed by atoms with Crippen molar-refractivity contribution in [2.45, 2.75) is 6.92 Å². The maximum absolute atomic E-state index is 12.0. The van der Waals surface area contributed by atoms with Gasteiger partial charge in [-0.3, -0.25) is 9.48 Å². The number of nitrogens with one attached hydrogen (secondary N) is 1. The number of aryl methyl sites for hydroxylation is 2. The highest BCUT2D eigenvalue weighted by Crippen LogP contribution is 2.18. The number of para-hydroxylation sites is 2. The van der Waals surface area contributed by atoms with Crippen LogP contribution < -0.4 is 11.1 Å². The van der Waals surface area contributed by atoms with Gasteiger partial charge in [0, 0.05) is 13.2 Å². The highest BCUT2D eigenvalue weighted by Gasteiger charge is 2.13. The van der Waals surface area contributed by atoms with E-state index in [1.54, 1.807) is 37.0 Å². The minimum atomic E-state index is -0.200. The summed E-state index contributed by atoms with van der Waals surface area (Å²) in [5, 5.41) is 6.88. The highest BCUT2D eigenvalue weighted by atomic mass is 16.1. The molecule has 1 aromatic heterocycles. The first-order valence-corrected chi connectivity index (χ1v) is 5.24. The van der Waals surface area contributed by atoms with Crippen molar-refractivity contribution in [2.24, 2.45) is 7.05 Å². The number of anilines is 2. The maximum Gasteiger partial charge on any atom is 0.259 e. The van der Waals surface area contributed by atoms with Crippen LogP contribution in [0.4, 0.5) is 11.4 Å². The Morgan fingerprint density at radius 3 is 2.71 bits per heavy atom. The molecule has 1 heterocycles. The number of carbonyl (C=O) groups excluding carboxylic acids is 1. The van der Waals surface area contributed by atoms with Crippen LogP contribution in [0.15, 0.2) is 30.5 Å². The van der Waals surface area contributed by atoms with Crippen molar-refractivity contribution in [1.82, 2.24) is 9.78 Å². The number of amides is 1. The summed E-state index contributed by atoms with van der Waals surface area (Å²) in [5.41, 5.74) is 8.16. The van der Waals surface area contributed by atoms with Crippen LogP contribution in [0.5, 0.6) is 0 Å². The fourth-order valence-electron chi connectivity index (χ4n) is 1.62. The van der Waals surface area contributed by atoms with Gasteiger partial charge >= 0.3 is 0 Å². The van der Waals surface area contributed by atoms with Crippen molar-refractivity contribution in [3.05, 3.63) is 41.7 Å². The molecule has 0 saturated carbocycles. The molecule has 0 aliphatic carbocycles. The lowest BCUT2D eigenvalue weighted by Gasteiger charge is -2.06. The Balaban J connectivity index is 2.23. The Hall–Kier alpha value is -2.30. The Bertz CT molecular complexity index is 559. The van der Waals surface area contributed by atoms with Gasteiger partial charge in [-0.25, -0.2) is 0 Å². The number of nitrogens with two attached hydrogens (primary N) is 1. The summed E-state index contributed by atoms with van der Waals surface area (Å²) in [6.45, 7) is 1.79. The fourth-order valence-corrected chi connectivity index (χ4v) is 1.62. The zero-order valence-corrected chi connectivity index (χ0v) is 9.77. The van der Waals surface area contributed by atoms with E-state index in [0.29, 0.717) is 22.6 Å². The van der Waals surface area contributed by atoms with Gasteiger partial charge in [-0.2, -0.15) is 5.10 Å². The van der Waals surface area contributed by atoms with Crippen LogP contribution in [0.1, 0.15) is 16.1 Å². The number of nitrogens with zero attached hydrogens (tertiary/aromatic N) is 2. The summed E-state index contributed by atoms with van der Waals surface area (Å²) in [6, 6.07) is 7.15. The Kier molecular flexibility index (Phi) is 2.82. The highest BCUT2D eigenvalue weighted by molar-refractivity contribution is 6.06. The summed E-state index contributed by atoms with van der Waals surface area (Å²) < 4.78 is 1.61. The van der Waals surface area contributed by atoms with Crippen molar-refractivity contribution in [1.29, 1.82) is 0 Å². The van der Waals surface area contributed by atoms with Gasteiger partial charge < -0.3 is 11.1 Å². The third-order valence-electron chi connectivity index (χ3n) is 2.47. The number of nitrogen functional groups attached to an aromatic ring is 1. The average molecular weight is 230 g/mol. The second-order valence-corrected chi connectivity index (χ2v) is 3.84. The van der Waals surface area contributed by atoms with E-state index >= 15 is 0 Å². The molecule has 2 aromatic rings. The zero-order valence-electron chi connectivity index (χ0n) is 9.77. The zero-order chi connectivity index (χ0) is 12.4. The van der Waals surface area contributed by atoms with E-state index in [1.165, 1.54) is 0 Å². The van der Waals surface area contributed by atoms with Crippen molar-refractivity contribution >= 4 is 17.3 Å². The van der Waals surface area contributed by atoms with Crippen molar-refractivity contribution in [3.63, 3.8) is 0 Å². The first-order chi connectivity index (χ1) is 8.08. The molecule has 0 aliphatic rings. The van der Waals surface area contributed by atoms with E-state index in [-0.39, 0.29) is 5.91 Å². The molecule has 0 bridgehead atoms. The molecule has 0 unspecified atom stereocenters. The molecule has 0 spiro atoms. The van der Waals surface area contributed by atoms with Gasteiger partial charge in [0.15, 0.2) is 0 Å². The predicted octanol–water partition coefficient (Wildman–Crippen LogP) is 1.56. The number of carbonyl (C=O) groups is 1. The van der Waals surface area contributed by atoms with Gasteiger partial charge in [-0.1, -0.05) is 12.1 Å². The van der Waals surface area contributed by atoms with Crippen molar-refractivity contribution in [2.75, 3.05) is 11.1 Å². The van der Waals surface area contributed by atoms with Crippen LogP contribution in [-0.4, -0.2) is 15.7 Å². The summed E-state index contributed by atoms with van der Waals surface area (Å²) in [5.74, 6) is -0.200. The molecular weight excluding hydrogens is 216 g/mol. The third kappa shape index (κ3) is 2.28. The van der Waals surface area contributed by atoms with E-state index in [4.69, 9.17) is 5.73 Å². The number of aromatic nitrogens is 2. The van der Waals surface area contributed by atoms with Crippen molar-refractivity contribution in [3.8, 4) is 0 Å². The molecule has 5 heteroatoms. The first kappa shape index (κ1) is 11.2. The number of hydrogen-bond donors (Lipinski definition) is 2. The molecule has 0 atom stereocenters. The molecule has 88 valence electrons. The molecule has 1 amide bonds. The number of benzene rings is 1. The van der Waals surface area contributed by atoms with Crippen LogP contribution in [0.3, 0.4) is 0 Å². The van der Waals surface area contributed by atoms with Gasteiger partial charge in [0.05, 0.1) is 22.6 Å². The largest absolute Gasteiger partial charge is 0.397 e. The quantitative estimate of drug-likeness (QED) is 0.769. The molecular formula is C12H14N4O. The van der Waals surface area contributed by atoms with Gasteiger partial charge in [0.2, 0.25) is 0 Å². The molecule has 1 aromatic carbocycles. The molecule has 17 heavy (non-hydrogen) atoms. The monoisotopic (exact) mass is 230 g/mol. The summed E-state index contributed by atoms with van der Waals surface area (Å²) in [4.78, 5) is 12.0. The maximum atomic E-state index is 12.0. The molecule has 3 N–H and O–H groups in total. The third-order valence-corrected chi connectivity index (χ3v) is 2.47. The lowest BCUT2D eigenvalue weighted by Crippen LogP contribution is -2.13. The normalized spacial score (nSPS) is 10.2. The summed E-state index contributed by atoms with van der Waals surface area (Å²) >= 11 is 0. The second kappa shape index (κ2) is 4.29. The van der Waals surface area contributed by atoms with E-state index in [0.717, 1.165) is 0 Å². The molecule has 5 nitrogen and oxygen atoms in total. The molecule has 0 radical (unpaired) electrons. The van der Waals surface area contributed by atoms with Crippen LogP contribution >= 0.6 is 0 Å². The SMILES string of the molecule is Cc1nn(C)cc1C(=O)Nc1ccccc1N. The average Bonchev–Trinajstić information content (AvgIpc) is 2.61. The van der Waals surface area contributed by atoms with Gasteiger partial charge in [-0.15, -0.1) is 0 Å². The van der Waals surface area contributed by atoms with Crippen LogP contribution in [0, 0.1) is 6.92 Å². The number of hydrogen-bond acceptors (Lipinski definition) is 3. The van der Waals surface area contributed by atoms with Crippen LogP contribution in [0.25, 0.3) is 0 Å².